The molecule has 0 bridgehead atoms. The van der Waals surface area contributed by atoms with E-state index in [-0.39, 0.29) is 5.69 Å². The molecular weight excluding hydrogens is 280 g/mol. The van der Waals surface area contributed by atoms with Gasteiger partial charge in [0.25, 0.3) is 5.69 Å². The minimum absolute atomic E-state index is 0.0249. The molecule has 0 aliphatic rings. The molecule has 108 valence electrons. The van der Waals surface area contributed by atoms with Gasteiger partial charge < -0.3 is 4.98 Å². The largest absolute Gasteiger partial charge is 0.361 e. The first-order valence-electron chi connectivity index (χ1n) is 6.67. The van der Waals surface area contributed by atoms with Gasteiger partial charge in [-0.05, 0) is 29.8 Å². The van der Waals surface area contributed by atoms with Gasteiger partial charge >= 0.3 is 0 Å². The van der Waals surface area contributed by atoms with Gasteiger partial charge in [-0.2, -0.15) is 0 Å². The number of hydrogen-bond acceptors (Lipinski definition) is 3. The van der Waals surface area contributed by atoms with E-state index in [4.69, 9.17) is 0 Å². The van der Waals surface area contributed by atoms with E-state index in [0.717, 1.165) is 28.3 Å². The molecule has 22 heavy (non-hydrogen) atoms. The maximum atomic E-state index is 11.4. The topological polar surface area (TPSA) is 76.0 Å². The summed E-state index contributed by atoms with van der Waals surface area (Å²) >= 11 is 0. The monoisotopic (exact) mass is 292 g/mol. The van der Waals surface area contributed by atoms with Crippen molar-refractivity contribution >= 4 is 34.5 Å². The van der Waals surface area contributed by atoms with Crippen LogP contribution in [0.2, 0.25) is 0 Å². The van der Waals surface area contributed by atoms with Crippen LogP contribution in [0, 0.1) is 10.1 Å². The lowest BCUT2D eigenvalue weighted by molar-refractivity contribution is -0.384. The molecule has 0 saturated carbocycles. The van der Waals surface area contributed by atoms with Crippen molar-refractivity contribution in [2.24, 2.45) is 0 Å². The van der Waals surface area contributed by atoms with E-state index in [2.05, 4.69) is 4.98 Å². The number of para-hydroxylation sites is 1. The van der Waals surface area contributed by atoms with Gasteiger partial charge in [-0.25, -0.2) is 0 Å². The van der Waals surface area contributed by atoms with Crippen molar-refractivity contribution in [3.8, 4) is 0 Å². The predicted octanol–water partition coefficient (Wildman–Crippen LogP) is 3.82. The van der Waals surface area contributed by atoms with Crippen molar-refractivity contribution in [3.63, 3.8) is 0 Å². The van der Waals surface area contributed by atoms with E-state index in [9.17, 15) is 14.9 Å². The van der Waals surface area contributed by atoms with Gasteiger partial charge in [0.2, 0.25) is 0 Å². The summed E-state index contributed by atoms with van der Waals surface area (Å²) in [4.78, 5) is 24.8. The summed E-state index contributed by atoms with van der Waals surface area (Å²) in [5.41, 5.74) is 3.04. The fourth-order valence-corrected chi connectivity index (χ4v) is 2.36. The van der Waals surface area contributed by atoms with E-state index in [1.165, 1.54) is 12.1 Å². The number of nitrogens with zero attached hydrogens (tertiary/aromatic N) is 1. The molecule has 1 N–H and O–H groups in total. The average molecular weight is 292 g/mol. The van der Waals surface area contributed by atoms with Crippen LogP contribution >= 0.6 is 0 Å². The zero-order valence-corrected chi connectivity index (χ0v) is 11.5. The number of aromatic nitrogens is 1. The van der Waals surface area contributed by atoms with Gasteiger partial charge in [-0.3, -0.25) is 14.9 Å². The number of nitro benzene ring substituents is 1. The molecule has 0 radical (unpaired) electrons. The van der Waals surface area contributed by atoms with Crippen molar-refractivity contribution in [2.45, 2.75) is 0 Å². The van der Waals surface area contributed by atoms with Crippen LogP contribution in [0.1, 0.15) is 11.1 Å². The van der Waals surface area contributed by atoms with Crippen molar-refractivity contribution in [2.75, 3.05) is 0 Å². The second kappa shape index (κ2) is 5.65. The Bertz CT molecular complexity index is 876. The predicted molar refractivity (Wildman–Crippen MR) is 85.3 cm³/mol. The van der Waals surface area contributed by atoms with Crippen molar-refractivity contribution in [1.29, 1.82) is 0 Å². The number of non-ortho nitro benzene ring substituents is 1. The Morgan fingerprint density at radius 2 is 1.82 bits per heavy atom. The van der Waals surface area contributed by atoms with Gasteiger partial charge in [0.1, 0.15) is 0 Å². The summed E-state index contributed by atoms with van der Waals surface area (Å²) in [6.07, 6.45) is 4.29. The van der Waals surface area contributed by atoms with E-state index >= 15 is 0 Å². The SMILES string of the molecule is O=C/C(=C/c1ccc([N+](=O)[O-])cc1)c1c[nH]c2ccccc12. The number of carbonyl (C=O) groups is 1. The first-order valence-corrected chi connectivity index (χ1v) is 6.67. The van der Waals surface area contributed by atoms with Crippen LogP contribution in [0.5, 0.6) is 0 Å². The number of aldehydes is 1. The number of H-pyrrole nitrogens is 1. The van der Waals surface area contributed by atoms with E-state index < -0.39 is 4.92 Å². The van der Waals surface area contributed by atoms with Gasteiger partial charge in [-0.1, -0.05) is 18.2 Å². The zero-order valence-electron chi connectivity index (χ0n) is 11.5. The van der Waals surface area contributed by atoms with Gasteiger partial charge in [0.15, 0.2) is 6.29 Å². The first-order chi connectivity index (χ1) is 10.7. The van der Waals surface area contributed by atoms with Crippen molar-refractivity contribution < 1.29 is 9.72 Å². The number of nitro groups is 1. The molecule has 0 fully saturated rings. The highest BCUT2D eigenvalue weighted by molar-refractivity contribution is 6.17. The number of fused-ring (bicyclic) bond motifs is 1. The normalized spacial score (nSPS) is 11.5. The number of benzene rings is 2. The van der Waals surface area contributed by atoms with Crippen molar-refractivity contribution in [3.05, 3.63) is 76.0 Å². The Morgan fingerprint density at radius 1 is 1.09 bits per heavy atom. The Hall–Kier alpha value is -3.21. The lowest BCUT2D eigenvalue weighted by Gasteiger charge is -2.00. The number of allylic oxidation sites excluding steroid dienone is 1. The van der Waals surface area contributed by atoms with Crippen LogP contribution in [0.15, 0.2) is 54.7 Å². The minimum Gasteiger partial charge on any atom is -0.361 e. The average Bonchev–Trinajstić information content (AvgIpc) is 2.97. The molecule has 0 unspecified atom stereocenters. The molecule has 0 aliphatic carbocycles. The second-order valence-electron chi connectivity index (χ2n) is 4.81. The summed E-state index contributed by atoms with van der Waals surface area (Å²) in [5, 5.41) is 11.6. The fraction of sp³-hybridized carbons (Fsp3) is 0. The smallest absolute Gasteiger partial charge is 0.269 e. The number of nitrogens with one attached hydrogen (secondary N) is 1. The molecule has 0 atom stereocenters. The lowest BCUT2D eigenvalue weighted by Crippen LogP contribution is -1.88. The molecule has 1 heterocycles. The van der Waals surface area contributed by atoms with E-state index in [1.807, 2.05) is 24.3 Å². The Kier molecular flexibility index (Phi) is 3.53. The highest BCUT2D eigenvalue weighted by Gasteiger charge is 2.08. The Labute approximate surface area is 126 Å². The van der Waals surface area contributed by atoms with E-state index in [1.54, 1.807) is 24.4 Å². The van der Waals surface area contributed by atoms with Gasteiger partial charge in [-0.15, -0.1) is 0 Å². The minimum atomic E-state index is -0.451. The highest BCUT2D eigenvalue weighted by Crippen LogP contribution is 2.25. The molecule has 2 aromatic carbocycles. The molecule has 0 aliphatic heterocycles. The Balaban J connectivity index is 2.03. The van der Waals surface area contributed by atoms with Crippen LogP contribution in [-0.4, -0.2) is 16.2 Å². The molecule has 0 saturated heterocycles. The zero-order chi connectivity index (χ0) is 15.5. The number of rotatable bonds is 4. The molecule has 0 spiro atoms. The maximum Gasteiger partial charge on any atom is 0.269 e. The molecule has 1 aromatic heterocycles. The number of aromatic amines is 1. The summed E-state index contributed by atoms with van der Waals surface area (Å²) in [7, 11) is 0. The lowest BCUT2D eigenvalue weighted by atomic mass is 10.0. The van der Waals surface area contributed by atoms with Crippen molar-refractivity contribution in [1.82, 2.24) is 4.98 Å². The first kappa shape index (κ1) is 13.8. The maximum absolute atomic E-state index is 11.4. The third kappa shape index (κ3) is 2.52. The quantitative estimate of drug-likeness (QED) is 0.344. The van der Waals surface area contributed by atoms with Crippen LogP contribution in [0.3, 0.4) is 0 Å². The van der Waals surface area contributed by atoms with Gasteiger partial charge in [0.05, 0.1) is 4.92 Å². The summed E-state index contributed by atoms with van der Waals surface area (Å²) in [6.45, 7) is 0. The van der Waals surface area contributed by atoms with Gasteiger partial charge in [0, 0.05) is 40.4 Å². The Morgan fingerprint density at radius 3 is 2.50 bits per heavy atom. The second-order valence-corrected chi connectivity index (χ2v) is 4.81. The number of carbonyl (C=O) groups excluding carboxylic acids is 1. The van der Waals surface area contributed by atoms with E-state index in [0.29, 0.717) is 5.57 Å². The third-order valence-corrected chi connectivity index (χ3v) is 3.45. The summed E-state index contributed by atoms with van der Waals surface area (Å²) in [6, 6.07) is 13.8. The van der Waals surface area contributed by atoms with Crippen LogP contribution in [0.25, 0.3) is 22.6 Å². The summed E-state index contributed by atoms with van der Waals surface area (Å²) < 4.78 is 0. The molecule has 3 rings (SSSR count). The standard InChI is InChI=1S/C17H12N2O3/c20-11-13(9-12-5-7-14(8-6-12)19(21)22)16-10-18-17-4-2-1-3-15(16)17/h1-11,18H/b13-9-. The molecule has 5 heteroatoms. The fourth-order valence-electron chi connectivity index (χ4n) is 2.36. The molecule has 3 aromatic rings. The highest BCUT2D eigenvalue weighted by atomic mass is 16.6. The molecule has 0 amide bonds. The molecular formula is C17H12N2O3. The van der Waals surface area contributed by atoms with Crippen LogP contribution in [-0.2, 0) is 4.79 Å². The molecule has 5 nitrogen and oxygen atoms in total. The number of hydrogen-bond donors (Lipinski definition) is 1. The summed E-state index contributed by atoms with van der Waals surface area (Å²) in [5.74, 6) is 0. The third-order valence-electron chi connectivity index (χ3n) is 3.45. The van der Waals surface area contributed by atoms with Crippen LogP contribution in [0.4, 0.5) is 5.69 Å². The van der Waals surface area contributed by atoms with Crippen LogP contribution < -0.4 is 0 Å².